The van der Waals surface area contributed by atoms with Crippen LogP contribution in [-0.2, 0) is 0 Å². The fraction of sp³-hybridized carbons (Fsp3) is 0.211. The van der Waals surface area contributed by atoms with Gasteiger partial charge in [-0.1, -0.05) is 6.07 Å². The van der Waals surface area contributed by atoms with E-state index in [4.69, 9.17) is 14.2 Å². The van der Waals surface area contributed by atoms with Crippen LogP contribution in [0.5, 0.6) is 23.0 Å². The van der Waals surface area contributed by atoms with Gasteiger partial charge in [0.05, 0.1) is 19.3 Å². The lowest BCUT2D eigenvalue weighted by Gasteiger charge is -2.19. The molecule has 3 rings (SSSR count). The molecule has 24 heavy (non-hydrogen) atoms. The summed E-state index contributed by atoms with van der Waals surface area (Å²) >= 11 is 0. The molecule has 0 aromatic heterocycles. The summed E-state index contributed by atoms with van der Waals surface area (Å²) in [6.07, 6.45) is 1.74. The SMILES string of the molecule is CCOc1cc(/C=C2\COc3ccc(OC)cc3C2=O)ccc1O. The van der Waals surface area contributed by atoms with E-state index in [0.29, 0.717) is 35.0 Å². The predicted octanol–water partition coefficient (Wildman–Crippen LogP) is 3.46. The molecule has 0 fully saturated rings. The van der Waals surface area contributed by atoms with Gasteiger partial charge in [-0.05, 0) is 48.9 Å². The lowest BCUT2D eigenvalue weighted by Crippen LogP contribution is -2.19. The van der Waals surface area contributed by atoms with Crippen molar-refractivity contribution in [3.8, 4) is 23.0 Å². The van der Waals surface area contributed by atoms with Crippen molar-refractivity contribution in [3.05, 3.63) is 53.1 Å². The first kappa shape index (κ1) is 15.9. The van der Waals surface area contributed by atoms with Gasteiger partial charge in [-0.3, -0.25) is 4.79 Å². The van der Waals surface area contributed by atoms with Crippen LogP contribution >= 0.6 is 0 Å². The molecular formula is C19H18O5. The maximum absolute atomic E-state index is 12.7. The number of carbonyl (C=O) groups excluding carboxylic acids is 1. The minimum Gasteiger partial charge on any atom is -0.504 e. The monoisotopic (exact) mass is 326 g/mol. The van der Waals surface area contributed by atoms with Gasteiger partial charge in [0.15, 0.2) is 17.3 Å². The van der Waals surface area contributed by atoms with Crippen molar-refractivity contribution in [2.75, 3.05) is 20.3 Å². The molecule has 124 valence electrons. The van der Waals surface area contributed by atoms with E-state index in [1.54, 1.807) is 49.6 Å². The molecule has 0 saturated heterocycles. The Kier molecular flexibility index (Phi) is 4.42. The predicted molar refractivity (Wildman–Crippen MR) is 90.1 cm³/mol. The first-order valence-corrected chi connectivity index (χ1v) is 7.64. The molecule has 1 aliphatic rings. The molecule has 0 radical (unpaired) electrons. The number of benzene rings is 2. The molecule has 1 aliphatic heterocycles. The van der Waals surface area contributed by atoms with Crippen LogP contribution in [0.2, 0.25) is 0 Å². The Morgan fingerprint density at radius 2 is 2.08 bits per heavy atom. The summed E-state index contributed by atoms with van der Waals surface area (Å²) in [4.78, 5) is 12.7. The fourth-order valence-electron chi connectivity index (χ4n) is 2.53. The molecule has 0 amide bonds. The quantitative estimate of drug-likeness (QED) is 0.872. The van der Waals surface area contributed by atoms with Gasteiger partial charge in [0.1, 0.15) is 18.1 Å². The lowest BCUT2D eigenvalue weighted by molar-refractivity contribution is 0.100. The number of methoxy groups -OCH3 is 1. The third kappa shape index (κ3) is 3.06. The van der Waals surface area contributed by atoms with Crippen LogP contribution in [-0.4, -0.2) is 31.2 Å². The molecule has 1 heterocycles. The molecule has 0 bridgehead atoms. The zero-order chi connectivity index (χ0) is 17.1. The first-order valence-electron chi connectivity index (χ1n) is 7.64. The number of phenolic OH excluding ortho intramolecular Hbond substituents is 1. The van der Waals surface area contributed by atoms with Gasteiger partial charge in [-0.25, -0.2) is 0 Å². The Bertz CT molecular complexity index is 807. The van der Waals surface area contributed by atoms with Crippen molar-refractivity contribution in [1.82, 2.24) is 0 Å². The number of hydrogen-bond donors (Lipinski definition) is 1. The van der Waals surface area contributed by atoms with Crippen LogP contribution in [0.4, 0.5) is 0 Å². The van der Waals surface area contributed by atoms with Crippen molar-refractivity contribution >= 4 is 11.9 Å². The minimum atomic E-state index is -0.0961. The molecule has 2 aromatic rings. The Morgan fingerprint density at radius 1 is 1.25 bits per heavy atom. The second-order valence-corrected chi connectivity index (χ2v) is 5.31. The highest BCUT2D eigenvalue weighted by Crippen LogP contribution is 2.32. The van der Waals surface area contributed by atoms with Gasteiger partial charge in [0.25, 0.3) is 0 Å². The number of ether oxygens (including phenoxy) is 3. The number of aromatic hydroxyl groups is 1. The van der Waals surface area contributed by atoms with Gasteiger partial charge in [-0.15, -0.1) is 0 Å². The molecule has 0 atom stereocenters. The third-order valence-corrected chi connectivity index (χ3v) is 3.73. The summed E-state index contributed by atoms with van der Waals surface area (Å²) in [6.45, 7) is 2.49. The van der Waals surface area contributed by atoms with Crippen molar-refractivity contribution in [3.63, 3.8) is 0 Å². The van der Waals surface area contributed by atoms with E-state index >= 15 is 0 Å². The van der Waals surface area contributed by atoms with Gasteiger partial charge in [-0.2, -0.15) is 0 Å². The Hall–Kier alpha value is -2.95. The average molecular weight is 326 g/mol. The topological polar surface area (TPSA) is 65.0 Å². The molecule has 5 heteroatoms. The van der Waals surface area contributed by atoms with Crippen LogP contribution in [0.25, 0.3) is 6.08 Å². The number of rotatable bonds is 4. The molecular weight excluding hydrogens is 308 g/mol. The van der Waals surface area contributed by atoms with Crippen molar-refractivity contribution < 1.29 is 24.1 Å². The van der Waals surface area contributed by atoms with Crippen LogP contribution in [0.15, 0.2) is 42.0 Å². The molecule has 2 aromatic carbocycles. The van der Waals surface area contributed by atoms with Crippen LogP contribution in [0, 0.1) is 0 Å². The number of Topliss-reactive ketones (excluding diaryl/α,β-unsaturated/α-hetero) is 1. The highest BCUT2D eigenvalue weighted by molar-refractivity contribution is 6.14. The second-order valence-electron chi connectivity index (χ2n) is 5.31. The molecule has 0 unspecified atom stereocenters. The zero-order valence-corrected chi connectivity index (χ0v) is 13.5. The Labute approximate surface area is 140 Å². The lowest BCUT2D eigenvalue weighted by atomic mass is 9.98. The van der Waals surface area contributed by atoms with E-state index < -0.39 is 0 Å². The smallest absolute Gasteiger partial charge is 0.196 e. The molecule has 5 nitrogen and oxygen atoms in total. The summed E-state index contributed by atoms with van der Waals surface area (Å²) in [5.41, 5.74) is 1.77. The zero-order valence-electron chi connectivity index (χ0n) is 13.5. The molecule has 0 spiro atoms. The summed E-state index contributed by atoms with van der Waals surface area (Å²) in [6, 6.07) is 10.1. The van der Waals surface area contributed by atoms with E-state index in [1.807, 2.05) is 6.92 Å². The molecule has 1 N–H and O–H groups in total. The number of carbonyl (C=O) groups is 1. The summed E-state index contributed by atoms with van der Waals surface area (Å²) in [5, 5.41) is 9.76. The summed E-state index contributed by atoms with van der Waals surface area (Å²) in [7, 11) is 1.55. The number of ketones is 1. The normalized spacial score (nSPS) is 14.9. The second kappa shape index (κ2) is 6.66. The van der Waals surface area contributed by atoms with Crippen molar-refractivity contribution in [2.45, 2.75) is 6.92 Å². The summed E-state index contributed by atoms with van der Waals surface area (Å²) in [5.74, 6) is 1.52. The van der Waals surface area contributed by atoms with Crippen LogP contribution < -0.4 is 14.2 Å². The van der Waals surface area contributed by atoms with E-state index in [1.165, 1.54) is 0 Å². The third-order valence-electron chi connectivity index (χ3n) is 3.73. The Morgan fingerprint density at radius 3 is 2.83 bits per heavy atom. The van der Waals surface area contributed by atoms with Crippen molar-refractivity contribution in [1.29, 1.82) is 0 Å². The van der Waals surface area contributed by atoms with E-state index in [2.05, 4.69) is 0 Å². The van der Waals surface area contributed by atoms with Crippen LogP contribution in [0.3, 0.4) is 0 Å². The van der Waals surface area contributed by atoms with E-state index in [9.17, 15) is 9.90 Å². The molecule has 0 aliphatic carbocycles. The minimum absolute atomic E-state index is 0.0697. The maximum atomic E-state index is 12.7. The van der Waals surface area contributed by atoms with Gasteiger partial charge >= 0.3 is 0 Å². The first-order chi connectivity index (χ1) is 11.6. The van der Waals surface area contributed by atoms with E-state index in [-0.39, 0.29) is 18.1 Å². The molecule has 0 saturated carbocycles. The maximum Gasteiger partial charge on any atom is 0.196 e. The number of phenols is 1. The highest BCUT2D eigenvalue weighted by atomic mass is 16.5. The van der Waals surface area contributed by atoms with E-state index in [0.717, 1.165) is 5.56 Å². The largest absolute Gasteiger partial charge is 0.504 e. The summed E-state index contributed by atoms with van der Waals surface area (Å²) < 4.78 is 16.2. The van der Waals surface area contributed by atoms with Crippen molar-refractivity contribution in [2.24, 2.45) is 0 Å². The number of fused-ring (bicyclic) bond motifs is 1. The van der Waals surface area contributed by atoms with Gasteiger partial charge in [0, 0.05) is 5.57 Å². The van der Waals surface area contributed by atoms with Gasteiger partial charge in [0.2, 0.25) is 0 Å². The highest BCUT2D eigenvalue weighted by Gasteiger charge is 2.24. The Balaban J connectivity index is 1.94. The number of hydrogen-bond acceptors (Lipinski definition) is 5. The fourth-order valence-corrected chi connectivity index (χ4v) is 2.53. The average Bonchev–Trinajstić information content (AvgIpc) is 2.60. The standard InChI is InChI=1S/C19H18O5/c1-3-23-18-9-12(4-6-16(18)20)8-13-11-24-17-7-5-14(22-2)10-15(17)19(13)21/h4-10,20H,3,11H2,1-2H3/b13-8+. The van der Waals surface area contributed by atoms with Gasteiger partial charge < -0.3 is 19.3 Å². The van der Waals surface area contributed by atoms with Crippen LogP contribution in [0.1, 0.15) is 22.8 Å².